The van der Waals surface area contributed by atoms with Crippen LogP contribution in [0.4, 0.5) is 0 Å². The number of hydrogen-bond acceptors (Lipinski definition) is 14. The Kier molecular flexibility index (Phi) is 9.08. The molecule has 0 aromatic carbocycles. The lowest BCUT2D eigenvalue weighted by Gasteiger charge is -2.40. The van der Waals surface area contributed by atoms with Crippen molar-refractivity contribution < 1.29 is 67.9 Å². The lowest BCUT2D eigenvalue weighted by atomic mass is 9.96. The second kappa shape index (κ2) is 11.2. The second-order valence-electron chi connectivity index (χ2n) is 8.10. The van der Waals surface area contributed by atoms with Crippen LogP contribution >= 0.6 is 15.4 Å². The highest BCUT2D eigenvalue weighted by Crippen LogP contribution is 2.60. The quantitative estimate of drug-likeness (QED) is 0.127. The summed E-state index contributed by atoms with van der Waals surface area (Å²) in [6.45, 7) is -1.79. The molecule has 2 fully saturated rings. The number of nitrogens with zero attached hydrogens (tertiary/aromatic N) is 1. The van der Waals surface area contributed by atoms with Crippen LogP contribution in [0.25, 0.3) is 0 Å². The van der Waals surface area contributed by atoms with Gasteiger partial charge in [0.15, 0.2) is 6.23 Å². The largest absolute Gasteiger partial charge is 0.479 e. The first kappa shape index (κ1) is 29.2. The van der Waals surface area contributed by atoms with Gasteiger partial charge in [0, 0.05) is 12.3 Å². The maximum absolute atomic E-state index is 12.4. The van der Waals surface area contributed by atoms with Gasteiger partial charge in [-0.15, -0.1) is 0 Å². The van der Waals surface area contributed by atoms with Crippen LogP contribution in [-0.4, -0.2) is 118 Å². The van der Waals surface area contributed by atoms with Crippen LogP contribution in [0.5, 0.6) is 0 Å². The fraction of sp³-hybridized carbons (Fsp3) is 0.750. The highest BCUT2D eigenvalue weighted by Gasteiger charge is 2.48. The Hall–Kier alpha value is -1.34. The summed E-state index contributed by atoms with van der Waals surface area (Å²) in [4.78, 5) is 44.8. The van der Waals surface area contributed by atoms with Crippen LogP contribution in [0.15, 0.2) is 21.9 Å². The summed E-state index contributed by atoms with van der Waals surface area (Å²) in [7, 11) is -10.5. The van der Waals surface area contributed by atoms with Crippen LogP contribution in [0.3, 0.4) is 0 Å². The molecule has 1 aromatic heterocycles. The van der Waals surface area contributed by atoms with Crippen LogP contribution < -0.4 is 11.2 Å². The molecule has 2 unspecified atom stereocenters. The molecule has 3 heterocycles. The van der Waals surface area contributed by atoms with Crippen LogP contribution in [0.1, 0.15) is 6.23 Å². The number of rotatable bonds is 9. The van der Waals surface area contributed by atoms with Gasteiger partial charge in [0.2, 0.25) is 0 Å². The molecule has 0 amide bonds. The molecule has 3 rings (SSSR count). The third-order valence-electron chi connectivity index (χ3n) is 5.50. The van der Waals surface area contributed by atoms with Crippen LogP contribution in [0.2, 0.25) is 0 Å². The average molecular weight is 564 g/mol. The predicted molar refractivity (Wildman–Crippen MR) is 113 cm³/mol. The minimum absolute atomic E-state index is 0.736. The Balaban J connectivity index is 1.61. The summed E-state index contributed by atoms with van der Waals surface area (Å²) >= 11 is 0. The molecular weight excluding hydrogens is 538 g/mol. The molecule has 20 heteroatoms. The molecule has 0 aliphatic carbocycles. The number of phosphoric acid groups is 1. The Morgan fingerprint density at radius 3 is 2.14 bits per heavy atom. The van der Waals surface area contributed by atoms with E-state index in [1.165, 1.54) is 0 Å². The van der Waals surface area contributed by atoms with E-state index in [1.807, 2.05) is 4.98 Å². The summed E-state index contributed by atoms with van der Waals surface area (Å²) in [5, 5.41) is 58.9. The van der Waals surface area contributed by atoms with E-state index in [9.17, 15) is 59.1 Å². The van der Waals surface area contributed by atoms with Crippen molar-refractivity contribution in [2.75, 3.05) is 19.4 Å². The van der Waals surface area contributed by atoms with Crippen molar-refractivity contribution in [3.8, 4) is 0 Å². The first-order chi connectivity index (χ1) is 16.7. The molecule has 2 aliphatic rings. The molecule has 206 valence electrons. The van der Waals surface area contributed by atoms with Crippen LogP contribution in [-0.2, 0) is 27.4 Å². The predicted octanol–water partition coefficient (Wildman–Crippen LogP) is -4.68. The average Bonchev–Trinajstić information content (AvgIpc) is 3.06. The van der Waals surface area contributed by atoms with Gasteiger partial charge in [0.1, 0.15) is 42.7 Å². The Labute approximate surface area is 201 Å². The molecule has 0 spiro atoms. The smallest absolute Gasteiger partial charge is 0.394 e. The van der Waals surface area contributed by atoms with Gasteiger partial charge in [-0.1, -0.05) is 0 Å². The van der Waals surface area contributed by atoms with Crippen molar-refractivity contribution in [3.05, 3.63) is 33.1 Å². The van der Waals surface area contributed by atoms with Crippen LogP contribution in [0, 0.1) is 0 Å². The fourth-order valence-electron chi connectivity index (χ4n) is 3.67. The molecule has 2 saturated heterocycles. The maximum Gasteiger partial charge on any atom is 0.479 e. The van der Waals surface area contributed by atoms with Gasteiger partial charge < -0.3 is 49.9 Å². The molecule has 2 aliphatic heterocycles. The van der Waals surface area contributed by atoms with Gasteiger partial charge in [0.25, 0.3) is 5.56 Å². The number of aliphatic hydroxyl groups is 6. The molecule has 0 saturated carbocycles. The van der Waals surface area contributed by atoms with Gasteiger partial charge >= 0.3 is 21.1 Å². The summed E-state index contributed by atoms with van der Waals surface area (Å²) in [5.74, 6) is 0. The normalized spacial score (nSPS) is 38.4. The topological polar surface area (TPSA) is 288 Å². The lowest BCUT2D eigenvalue weighted by molar-refractivity contribution is -0.223. The molecule has 1 aromatic rings. The number of nitrogens with one attached hydrogen (secondary N) is 1. The molecule has 11 atom stereocenters. The number of aliphatic hydroxyl groups excluding tert-OH is 6. The number of aromatic amines is 1. The Morgan fingerprint density at radius 2 is 1.53 bits per heavy atom. The molecule has 18 nitrogen and oxygen atoms in total. The third kappa shape index (κ3) is 6.56. The summed E-state index contributed by atoms with van der Waals surface area (Å²) < 4.78 is 44.5. The Bertz CT molecular complexity index is 1120. The van der Waals surface area contributed by atoms with E-state index in [0.717, 1.165) is 16.8 Å². The first-order valence-corrected chi connectivity index (χ1v) is 13.6. The minimum Gasteiger partial charge on any atom is -0.394 e. The molecular formula is C16H26N2O16P2. The summed E-state index contributed by atoms with van der Waals surface area (Å²) in [5.41, 5.74) is -1.72. The fourth-order valence-corrected chi connectivity index (χ4v) is 6.50. The van der Waals surface area contributed by atoms with Crippen molar-refractivity contribution in [1.82, 2.24) is 9.55 Å². The van der Waals surface area contributed by atoms with Crippen molar-refractivity contribution in [3.63, 3.8) is 0 Å². The SMILES string of the molecule is O=c1ccn([C@@H]2O[C@H](COP(=O)(O)OP(=O)(O)C[C@H]3O[C@H](CO)[C@H](O)[C@H](O)[C@H]3O)[C@@H](O)[C@H]2O)c(=O)[nH]1. The number of phosphoric ester groups is 1. The number of ether oxygens (including phenoxy) is 2. The van der Waals surface area contributed by atoms with E-state index in [2.05, 4.69) is 8.83 Å². The number of aromatic nitrogens is 2. The minimum atomic E-state index is -5.36. The van der Waals surface area contributed by atoms with E-state index >= 15 is 0 Å². The van der Waals surface area contributed by atoms with Gasteiger partial charge in [-0.25, -0.2) is 13.7 Å². The molecule has 36 heavy (non-hydrogen) atoms. The standard InChI is InChI=1S/C16H26N2O16P2/c19-3-6-10(21)13(24)12(23)8(32-6)5-35(27,28)34-36(29,30)31-4-7-11(22)14(25)15(33-7)18-2-1-9(20)17-16(18)26/h1-2,6-8,10-15,19,21-25H,3-5H2,(H,27,28)(H,29,30)(H,17,20,26)/t6-,7-,8-,10+,11-,12+,13+,14-,15-/m1/s1. The number of hydrogen-bond donors (Lipinski definition) is 9. The van der Waals surface area contributed by atoms with Gasteiger partial charge in [-0.2, -0.15) is 0 Å². The highest BCUT2D eigenvalue weighted by atomic mass is 31.3. The van der Waals surface area contributed by atoms with Gasteiger partial charge in [-0.3, -0.25) is 23.4 Å². The van der Waals surface area contributed by atoms with Crippen molar-refractivity contribution >= 4 is 15.4 Å². The molecule has 9 N–H and O–H groups in total. The van der Waals surface area contributed by atoms with Gasteiger partial charge in [-0.05, 0) is 0 Å². The zero-order valence-corrected chi connectivity index (χ0v) is 19.9. The lowest BCUT2D eigenvalue weighted by Crippen LogP contribution is -2.59. The summed E-state index contributed by atoms with van der Waals surface area (Å²) in [6.07, 6.45) is -15.3. The number of H-pyrrole nitrogens is 1. The van der Waals surface area contributed by atoms with Gasteiger partial charge in [0.05, 0.1) is 25.5 Å². The van der Waals surface area contributed by atoms with Crippen molar-refractivity contribution in [2.24, 2.45) is 0 Å². The molecule has 0 radical (unpaired) electrons. The maximum atomic E-state index is 12.4. The van der Waals surface area contributed by atoms with Crippen molar-refractivity contribution in [2.45, 2.75) is 55.1 Å². The van der Waals surface area contributed by atoms with E-state index in [0.29, 0.717) is 0 Å². The van der Waals surface area contributed by atoms with E-state index in [4.69, 9.17) is 9.47 Å². The Morgan fingerprint density at radius 1 is 0.917 bits per heavy atom. The third-order valence-corrected chi connectivity index (χ3v) is 8.64. The second-order valence-corrected chi connectivity index (χ2v) is 11.6. The van der Waals surface area contributed by atoms with E-state index in [1.54, 1.807) is 0 Å². The summed E-state index contributed by atoms with van der Waals surface area (Å²) in [6, 6.07) is 0.942. The molecule has 0 bridgehead atoms. The highest BCUT2D eigenvalue weighted by molar-refractivity contribution is 7.64. The first-order valence-electron chi connectivity index (χ1n) is 10.3. The monoisotopic (exact) mass is 564 g/mol. The van der Waals surface area contributed by atoms with E-state index in [-0.39, 0.29) is 0 Å². The zero-order chi connectivity index (χ0) is 27.0. The van der Waals surface area contributed by atoms with Crippen molar-refractivity contribution in [1.29, 1.82) is 0 Å². The zero-order valence-electron chi connectivity index (χ0n) is 18.2. The van der Waals surface area contributed by atoms with E-state index < -0.39 is 101 Å².